The maximum atomic E-state index is 12.4. The number of nitrogens with zero attached hydrogens (tertiary/aromatic N) is 2. The van der Waals surface area contributed by atoms with Gasteiger partial charge in [-0.3, -0.25) is 0 Å². The van der Waals surface area contributed by atoms with Crippen LogP contribution < -0.4 is 5.32 Å². The van der Waals surface area contributed by atoms with E-state index in [9.17, 15) is 8.42 Å². The molecule has 1 atom stereocenters. The molecule has 2 fully saturated rings. The first-order chi connectivity index (χ1) is 9.09. The second kappa shape index (κ2) is 7.94. The molecule has 0 aromatic carbocycles. The summed E-state index contributed by atoms with van der Waals surface area (Å²) in [7, 11) is -3.22. The summed E-state index contributed by atoms with van der Waals surface area (Å²) in [6, 6.07) is 0.623. The van der Waals surface area contributed by atoms with Gasteiger partial charge in [-0.05, 0) is 38.1 Å². The van der Waals surface area contributed by atoms with Crippen LogP contribution in [0.3, 0.4) is 0 Å². The summed E-state index contributed by atoms with van der Waals surface area (Å²) in [6.07, 6.45) is 4.52. The van der Waals surface area contributed by atoms with E-state index in [2.05, 4.69) is 5.32 Å². The van der Waals surface area contributed by atoms with Gasteiger partial charge < -0.3 is 5.32 Å². The van der Waals surface area contributed by atoms with Crippen molar-refractivity contribution in [3.8, 4) is 0 Å². The third kappa shape index (κ3) is 3.85. The molecule has 5 nitrogen and oxygen atoms in total. The molecular formula is C13H28ClN3O2S. The molecule has 0 spiro atoms. The van der Waals surface area contributed by atoms with Gasteiger partial charge in [-0.25, -0.2) is 0 Å². The first-order valence-electron chi connectivity index (χ1n) is 7.58. The lowest BCUT2D eigenvalue weighted by Crippen LogP contribution is -2.48. The average Bonchev–Trinajstić information content (AvgIpc) is 2.94. The highest BCUT2D eigenvalue weighted by Crippen LogP contribution is 2.27. The lowest BCUT2D eigenvalue weighted by molar-refractivity contribution is 0.223. The van der Waals surface area contributed by atoms with Crippen LogP contribution in [0.25, 0.3) is 0 Å². The number of halogens is 1. The van der Waals surface area contributed by atoms with Crippen molar-refractivity contribution in [2.24, 2.45) is 5.92 Å². The molecule has 2 aliphatic rings. The monoisotopic (exact) mass is 325 g/mol. The molecule has 2 saturated heterocycles. The van der Waals surface area contributed by atoms with Crippen molar-refractivity contribution in [3.63, 3.8) is 0 Å². The van der Waals surface area contributed by atoms with Gasteiger partial charge in [0.2, 0.25) is 0 Å². The van der Waals surface area contributed by atoms with Crippen molar-refractivity contribution in [1.29, 1.82) is 0 Å². The molecule has 0 aliphatic carbocycles. The predicted molar refractivity (Wildman–Crippen MR) is 84.4 cm³/mol. The lowest BCUT2D eigenvalue weighted by atomic mass is 9.89. The second-order valence-electron chi connectivity index (χ2n) is 5.53. The van der Waals surface area contributed by atoms with Gasteiger partial charge >= 0.3 is 0 Å². The second-order valence-corrected chi connectivity index (χ2v) is 7.46. The molecule has 1 N–H and O–H groups in total. The fraction of sp³-hybridized carbons (Fsp3) is 1.00. The van der Waals surface area contributed by atoms with Crippen LogP contribution in [0, 0.1) is 5.92 Å². The van der Waals surface area contributed by atoms with E-state index in [1.165, 1.54) is 12.8 Å². The molecule has 0 saturated carbocycles. The molecule has 0 aromatic rings. The first-order valence-corrected chi connectivity index (χ1v) is 8.97. The minimum absolute atomic E-state index is 0. The Morgan fingerprint density at radius 2 is 1.75 bits per heavy atom. The van der Waals surface area contributed by atoms with E-state index in [4.69, 9.17) is 0 Å². The van der Waals surface area contributed by atoms with Crippen LogP contribution in [0.2, 0.25) is 0 Å². The summed E-state index contributed by atoms with van der Waals surface area (Å²) in [5.74, 6) is 0.658. The van der Waals surface area contributed by atoms with Crippen molar-refractivity contribution in [2.75, 3.05) is 32.7 Å². The van der Waals surface area contributed by atoms with Gasteiger partial charge in [0, 0.05) is 32.2 Å². The van der Waals surface area contributed by atoms with Crippen LogP contribution in [0.4, 0.5) is 0 Å². The van der Waals surface area contributed by atoms with E-state index in [1.807, 2.05) is 13.8 Å². The zero-order chi connectivity index (χ0) is 13.9. The largest absolute Gasteiger partial charge is 0.314 e. The van der Waals surface area contributed by atoms with Crippen LogP contribution in [0.1, 0.15) is 39.5 Å². The van der Waals surface area contributed by atoms with Crippen LogP contribution >= 0.6 is 12.4 Å². The zero-order valence-electron chi connectivity index (χ0n) is 12.5. The molecule has 0 bridgehead atoms. The highest BCUT2D eigenvalue weighted by molar-refractivity contribution is 7.86. The van der Waals surface area contributed by atoms with Crippen molar-refractivity contribution in [1.82, 2.24) is 13.9 Å². The van der Waals surface area contributed by atoms with E-state index in [0.29, 0.717) is 38.1 Å². The van der Waals surface area contributed by atoms with Crippen LogP contribution in [-0.4, -0.2) is 55.8 Å². The van der Waals surface area contributed by atoms with E-state index < -0.39 is 10.2 Å². The highest BCUT2D eigenvalue weighted by Gasteiger charge is 2.34. The lowest BCUT2D eigenvalue weighted by Gasteiger charge is -2.36. The molecule has 0 radical (unpaired) electrons. The predicted octanol–water partition coefficient (Wildman–Crippen LogP) is 1.46. The smallest absolute Gasteiger partial charge is 0.281 e. The van der Waals surface area contributed by atoms with Crippen LogP contribution in [-0.2, 0) is 10.2 Å². The Balaban J connectivity index is 0.00000200. The average molecular weight is 326 g/mol. The number of nitrogens with one attached hydrogen (secondary N) is 1. The van der Waals surface area contributed by atoms with Crippen LogP contribution in [0.15, 0.2) is 0 Å². The van der Waals surface area contributed by atoms with Gasteiger partial charge in [-0.15, -0.1) is 12.4 Å². The van der Waals surface area contributed by atoms with Gasteiger partial charge in [0.1, 0.15) is 0 Å². The molecule has 2 heterocycles. The fourth-order valence-corrected chi connectivity index (χ4v) is 4.99. The summed E-state index contributed by atoms with van der Waals surface area (Å²) in [4.78, 5) is 0. The Morgan fingerprint density at radius 3 is 2.20 bits per heavy atom. The first kappa shape index (κ1) is 18.2. The molecule has 7 heteroatoms. The quantitative estimate of drug-likeness (QED) is 0.832. The molecule has 0 amide bonds. The van der Waals surface area contributed by atoms with Crippen LogP contribution in [0.5, 0.6) is 0 Å². The van der Waals surface area contributed by atoms with Gasteiger partial charge in [0.25, 0.3) is 10.2 Å². The van der Waals surface area contributed by atoms with Crippen molar-refractivity contribution in [2.45, 2.75) is 45.6 Å². The molecule has 2 aliphatic heterocycles. The summed E-state index contributed by atoms with van der Waals surface area (Å²) >= 11 is 0. The SMILES string of the molecule is CCN(CC)S(=O)(=O)N1CCC(C2CCCN2)CC1.Cl. The van der Waals surface area contributed by atoms with Gasteiger partial charge in [0.15, 0.2) is 0 Å². The Morgan fingerprint density at radius 1 is 1.15 bits per heavy atom. The maximum Gasteiger partial charge on any atom is 0.281 e. The standard InChI is InChI=1S/C13H27N3O2S.ClH/c1-3-15(4-2)19(17,18)16-10-7-12(8-11-16)13-6-5-9-14-13;/h12-14H,3-11H2,1-2H3;1H. The third-order valence-electron chi connectivity index (χ3n) is 4.52. The minimum Gasteiger partial charge on any atom is -0.314 e. The molecular weight excluding hydrogens is 298 g/mol. The molecule has 0 aromatic heterocycles. The highest BCUT2D eigenvalue weighted by atomic mass is 35.5. The van der Waals surface area contributed by atoms with Crippen molar-refractivity contribution >= 4 is 22.6 Å². The van der Waals surface area contributed by atoms with E-state index in [-0.39, 0.29) is 12.4 Å². The summed E-state index contributed by atoms with van der Waals surface area (Å²) in [6.45, 7) is 7.41. The van der Waals surface area contributed by atoms with Crippen molar-refractivity contribution in [3.05, 3.63) is 0 Å². The number of piperidine rings is 1. The van der Waals surface area contributed by atoms with Gasteiger partial charge in [-0.2, -0.15) is 17.0 Å². The Kier molecular flexibility index (Phi) is 7.21. The fourth-order valence-electron chi connectivity index (χ4n) is 3.34. The zero-order valence-corrected chi connectivity index (χ0v) is 14.2. The number of hydrogen-bond donors (Lipinski definition) is 1. The Labute approximate surface area is 129 Å². The number of hydrogen-bond acceptors (Lipinski definition) is 3. The van der Waals surface area contributed by atoms with Gasteiger partial charge in [-0.1, -0.05) is 13.8 Å². The summed E-state index contributed by atoms with van der Waals surface area (Å²) in [5, 5.41) is 3.55. The van der Waals surface area contributed by atoms with E-state index in [0.717, 1.165) is 19.4 Å². The van der Waals surface area contributed by atoms with E-state index in [1.54, 1.807) is 8.61 Å². The molecule has 20 heavy (non-hydrogen) atoms. The molecule has 2 rings (SSSR count). The Bertz CT molecular complexity index is 373. The summed E-state index contributed by atoms with van der Waals surface area (Å²) in [5.41, 5.74) is 0. The topological polar surface area (TPSA) is 52.7 Å². The van der Waals surface area contributed by atoms with Gasteiger partial charge in [0.05, 0.1) is 0 Å². The minimum atomic E-state index is -3.22. The Hall–Kier alpha value is 0.120. The normalized spacial score (nSPS) is 25.9. The molecule has 1 unspecified atom stereocenters. The maximum absolute atomic E-state index is 12.4. The summed E-state index contributed by atoms with van der Waals surface area (Å²) < 4.78 is 28.1. The number of rotatable bonds is 5. The molecule has 120 valence electrons. The van der Waals surface area contributed by atoms with Crippen molar-refractivity contribution < 1.29 is 8.42 Å². The third-order valence-corrected chi connectivity index (χ3v) is 6.71. The van der Waals surface area contributed by atoms with E-state index >= 15 is 0 Å².